The molecular formula is C27H56ClKO5P+. The summed E-state index contributed by atoms with van der Waals surface area (Å²) in [5.41, 5.74) is 0. The van der Waals surface area contributed by atoms with Gasteiger partial charge in [-0.25, -0.2) is 9.82 Å². The second-order valence-electron chi connectivity index (χ2n) is 9.80. The Kier molecular flexibility index (Phi) is 34.1. The molecule has 0 aliphatic rings. The number of unbranched alkanes of at least 4 members (excludes halogenated alkanes) is 16. The number of rotatable bonds is 28. The molecule has 0 bridgehead atoms. The van der Waals surface area contributed by atoms with Crippen LogP contribution in [0.15, 0.2) is 0 Å². The Bertz CT molecular complexity index is 459. The van der Waals surface area contributed by atoms with Crippen LogP contribution in [0.3, 0.4) is 0 Å². The van der Waals surface area contributed by atoms with Crippen LogP contribution in [0.1, 0.15) is 149 Å². The van der Waals surface area contributed by atoms with Gasteiger partial charge in [0, 0.05) is 5.88 Å². The van der Waals surface area contributed by atoms with Gasteiger partial charge in [-0.2, -0.15) is 0 Å². The molecule has 0 amide bonds. The second kappa shape index (κ2) is 30.5. The first-order valence-corrected chi connectivity index (χ1v) is 16.4. The van der Waals surface area contributed by atoms with Gasteiger partial charge in [-0.1, -0.05) is 129 Å². The molecule has 0 aromatic heterocycles. The third-order valence-corrected chi connectivity index (χ3v) is 7.96. The minimum atomic E-state index is -3.91. The molecule has 0 rings (SSSR count). The van der Waals surface area contributed by atoms with Gasteiger partial charge in [-0.3, -0.25) is 9.05 Å². The number of alkyl halides is 1. The van der Waals surface area contributed by atoms with E-state index in [1.165, 1.54) is 103 Å². The van der Waals surface area contributed by atoms with E-state index < -0.39 is 7.82 Å². The summed E-state index contributed by atoms with van der Waals surface area (Å²) in [5.74, 6) is 0.708. The van der Waals surface area contributed by atoms with E-state index >= 15 is 0 Å². The summed E-state index contributed by atoms with van der Waals surface area (Å²) < 4.78 is 27.2. The van der Waals surface area contributed by atoms with Crippen molar-refractivity contribution in [1.29, 1.82) is 0 Å². The zero-order chi connectivity index (χ0) is 25.2. The van der Waals surface area contributed by atoms with Crippen molar-refractivity contribution in [3.63, 3.8) is 0 Å². The smallest absolute Gasteiger partial charge is 0.285 e. The average Bonchev–Trinajstić information content (AvgIpc) is 2.84. The van der Waals surface area contributed by atoms with Crippen molar-refractivity contribution < 1.29 is 74.9 Å². The molecule has 2 atom stereocenters. The Labute approximate surface area is 265 Å². The molecule has 0 aromatic rings. The van der Waals surface area contributed by atoms with Crippen molar-refractivity contribution >= 4 is 19.4 Å². The summed E-state index contributed by atoms with van der Waals surface area (Å²) in [5, 5.41) is 9.05. The molecule has 0 fully saturated rings. The van der Waals surface area contributed by atoms with Crippen LogP contribution in [0.5, 0.6) is 0 Å². The first-order chi connectivity index (χ1) is 16.6. The fourth-order valence-electron chi connectivity index (χ4n) is 4.31. The van der Waals surface area contributed by atoms with Crippen molar-refractivity contribution in [2.45, 2.75) is 149 Å². The molecule has 0 radical (unpaired) electrons. The van der Waals surface area contributed by atoms with E-state index in [0.717, 1.165) is 25.7 Å². The normalized spacial score (nSPS) is 13.9. The maximum atomic E-state index is 12.4. The van der Waals surface area contributed by atoms with Crippen LogP contribution in [0.4, 0.5) is 0 Å². The first-order valence-electron chi connectivity index (χ1n) is 14.4. The van der Waals surface area contributed by atoms with Crippen molar-refractivity contribution in [3.05, 3.63) is 0 Å². The summed E-state index contributed by atoms with van der Waals surface area (Å²) in [6.07, 6.45) is 26.2. The number of phosphoric ester groups is 1. The van der Waals surface area contributed by atoms with Crippen LogP contribution in [0, 0.1) is 5.92 Å². The molecule has 0 heterocycles. The van der Waals surface area contributed by atoms with E-state index in [-0.39, 0.29) is 58.0 Å². The number of phosphoric acid groups is 1. The quantitative estimate of drug-likeness (QED) is 0.0263. The van der Waals surface area contributed by atoms with E-state index in [2.05, 4.69) is 18.5 Å². The summed E-state index contributed by atoms with van der Waals surface area (Å²) in [4.78, 5) is 0. The summed E-state index contributed by atoms with van der Waals surface area (Å²) >= 11 is 5.64. The van der Waals surface area contributed by atoms with Gasteiger partial charge in [0.15, 0.2) is 0 Å². The van der Waals surface area contributed by atoms with Gasteiger partial charge in [0.1, 0.15) is 0 Å². The SMILES string of the molecule is CCCCCCCCCCCCC(CCCCCCCCCC)COP(=O)(OO)OCCCCl.[K+]. The Balaban J connectivity index is 0. The minimum absolute atomic E-state index is 0. The predicted octanol–water partition coefficient (Wildman–Crippen LogP) is 7.71. The molecule has 2 unspecified atom stereocenters. The van der Waals surface area contributed by atoms with Crippen molar-refractivity contribution in [3.8, 4) is 0 Å². The minimum Gasteiger partial charge on any atom is -0.285 e. The second-order valence-corrected chi connectivity index (χ2v) is 11.8. The molecule has 5 nitrogen and oxygen atoms in total. The maximum absolute atomic E-state index is 12.4. The van der Waals surface area contributed by atoms with E-state index in [0.29, 0.717) is 24.8 Å². The Hall–Kier alpha value is 2.00. The molecule has 0 spiro atoms. The fourth-order valence-corrected chi connectivity index (χ4v) is 5.33. The largest absolute Gasteiger partial charge is 1.00 e. The van der Waals surface area contributed by atoms with Gasteiger partial charge in [0.25, 0.3) is 0 Å². The number of hydrogen-bond donors (Lipinski definition) is 1. The molecule has 0 saturated carbocycles. The third kappa shape index (κ3) is 27.4. The van der Waals surface area contributed by atoms with Crippen LogP contribution in [-0.2, 0) is 18.3 Å². The van der Waals surface area contributed by atoms with Gasteiger partial charge >= 0.3 is 59.2 Å². The van der Waals surface area contributed by atoms with E-state index in [1.54, 1.807) is 0 Å². The molecule has 8 heteroatoms. The van der Waals surface area contributed by atoms with Gasteiger partial charge in [-0.05, 0) is 25.2 Å². The van der Waals surface area contributed by atoms with Crippen LogP contribution >= 0.6 is 19.4 Å². The summed E-state index contributed by atoms with van der Waals surface area (Å²) in [7, 11) is -3.91. The van der Waals surface area contributed by atoms with Gasteiger partial charge in [0.05, 0.1) is 13.2 Å². The molecule has 0 aliphatic heterocycles. The van der Waals surface area contributed by atoms with Crippen molar-refractivity contribution in [2.75, 3.05) is 19.1 Å². The molecule has 0 saturated heterocycles. The fraction of sp³-hybridized carbons (Fsp3) is 1.00. The standard InChI is InChI=1S/C27H56ClO5P.K/c1-3-5-7-9-11-13-14-16-18-20-23-27(22-19-17-15-12-10-8-6-4-2)26-32-34(30,33-29)31-25-21-24-28;/h27,29H,3-26H2,1-2H3;/q;+1. The Morgan fingerprint density at radius 2 is 1.06 bits per heavy atom. The number of hydrogen-bond acceptors (Lipinski definition) is 5. The monoisotopic (exact) mass is 565 g/mol. The van der Waals surface area contributed by atoms with Crippen LogP contribution < -0.4 is 51.4 Å². The molecular weight excluding hydrogens is 510 g/mol. The first kappa shape index (κ1) is 39.1. The van der Waals surface area contributed by atoms with E-state index in [1.807, 2.05) is 0 Å². The van der Waals surface area contributed by atoms with Crippen LogP contribution in [0.25, 0.3) is 0 Å². The third-order valence-electron chi connectivity index (χ3n) is 6.53. The zero-order valence-electron chi connectivity index (χ0n) is 23.5. The summed E-state index contributed by atoms with van der Waals surface area (Å²) in [6, 6.07) is 0. The number of halogens is 1. The van der Waals surface area contributed by atoms with Gasteiger partial charge in [-0.15, -0.1) is 16.3 Å². The van der Waals surface area contributed by atoms with Crippen LogP contribution in [0.2, 0.25) is 0 Å². The maximum Gasteiger partial charge on any atom is 1.00 e. The molecule has 0 aromatic carbocycles. The Morgan fingerprint density at radius 3 is 1.43 bits per heavy atom. The predicted molar refractivity (Wildman–Crippen MR) is 146 cm³/mol. The van der Waals surface area contributed by atoms with Crippen molar-refractivity contribution in [2.24, 2.45) is 5.92 Å². The van der Waals surface area contributed by atoms with E-state index in [4.69, 9.17) is 25.9 Å². The Morgan fingerprint density at radius 1 is 0.657 bits per heavy atom. The molecule has 35 heavy (non-hydrogen) atoms. The molecule has 0 aliphatic carbocycles. The van der Waals surface area contributed by atoms with Gasteiger partial charge < -0.3 is 0 Å². The molecule has 1 N–H and O–H groups in total. The molecule has 206 valence electrons. The van der Waals surface area contributed by atoms with Gasteiger partial charge in [0.2, 0.25) is 0 Å². The average molecular weight is 566 g/mol. The van der Waals surface area contributed by atoms with E-state index in [9.17, 15) is 4.57 Å². The summed E-state index contributed by atoms with van der Waals surface area (Å²) in [6.45, 7) is 4.95. The topological polar surface area (TPSA) is 65.0 Å². The zero-order valence-corrected chi connectivity index (χ0v) is 28.2. The van der Waals surface area contributed by atoms with Crippen LogP contribution in [-0.4, -0.2) is 24.4 Å². The van der Waals surface area contributed by atoms with Crippen molar-refractivity contribution in [1.82, 2.24) is 0 Å².